The van der Waals surface area contributed by atoms with Gasteiger partial charge in [-0.25, -0.2) is 4.98 Å². The Hall–Kier alpha value is -1.36. The van der Waals surface area contributed by atoms with E-state index in [4.69, 9.17) is 11.5 Å². The van der Waals surface area contributed by atoms with E-state index >= 15 is 0 Å². The molecule has 0 unspecified atom stereocenters. The molecular formula is C7H8N4S. The van der Waals surface area contributed by atoms with Crippen molar-refractivity contribution in [3.05, 3.63) is 10.9 Å². The van der Waals surface area contributed by atoms with Gasteiger partial charge in [-0.15, -0.1) is 11.3 Å². The molecule has 0 spiro atoms. The maximum absolute atomic E-state index is 5.68. The zero-order chi connectivity index (χ0) is 8.72. The lowest BCUT2D eigenvalue weighted by molar-refractivity contribution is 1.25. The Morgan fingerprint density at radius 2 is 2.08 bits per heavy atom. The number of hydrogen-bond donors (Lipinski definition) is 2. The number of rotatable bonds is 0. The second-order valence-electron chi connectivity index (χ2n) is 2.57. The van der Waals surface area contributed by atoms with Crippen molar-refractivity contribution in [2.75, 3.05) is 11.5 Å². The summed E-state index contributed by atoms with van der Waals surface area (Å²) in [5.41, 5.74) is 12.2. The Morgan fingerprint density at radius 3 is 2.83 bits per heavy atom. The molecule has 5 heteroatoms. The third kappa shape index (κ3) is 0.902. The van der Waals surface area contributed by atoms with Gasteiger partial charge in [-0.2, -0.15) is 4.98 Å². The number of fused-ring (bicyclic) bond motifs is 1. The average Bonchev–Trinajstić information content (AvgIpc) is 2.31. The van der Waals surface area contributed by atoms with E-state index in [1.807, 2.05) is 12.3 Å². The minimum Gasteiger partial charge on any atom is -0.383 e. The molecule has 2 aromatic heterocycles. The quantitative estimate of drug-likeness (QED) is 0.637. The van der Waals surface area contributed by atoms with Crippen molar-refractivity contribution in [1.82, 2.24) is 9.97 Å². The summed E-state index contributed by atoms with van der Waals surface area (Å²) in [7, 11) is 0. The van der Waals surface area contributed by atoms with Crippen LogP contribution in [0.25, 0.3) is 10.2 Å². The number of nitrogens with two attached hydrogens (primary N) is 2. The van der Waals surface area contributed by atoms with E-state index in [2.05, 4.69) is 9.97 Å². The highest BCUT2D eigenvalue weighted by atomic mass is 32.1. The average molecular weight is 180 g/mol. The summed E-state index contributed by atoms with van der Waals surface area (Å²) in [4.78, 5) is 8.81. The van der Waals surface area contributed by atoms with E-state index in [-0.39, 0.29) is 5.95 Å². The zero-order valence-electron chi connectivity index (χ0n) is 6.53. The second kappa shape index (κ2) is 2.31. The van der Waals surface area contributed by atoms with Gasteiger partial charge in [-0.3, -0.25) is 0 Å². The number of thiophene rings is 1. The van der Waals surface area contributed by atoms with Gasteiger partial charge in [0.15, 0.2) is 0 Å². The van der Waals surface area contributed by atoms with Gasteiger partial charge in [0, 0.05) is 0 Å². The molecule has 0 radical (unpaired) electrons. The van der Waals surface area contributed by atoms with Crippen molar-refractivity contribution in [3.8, 4) is 0 Å². The lowest BCUT2D eigenvalue weighted by Gasteiger charge is -1.97. The molecule has 0 aliphatic rings. The normalized spacial score (nSPS) is 10.8. The van der Waals surface area contributed by atoms with Crippen LogP contribution in [0, 0.1) is 6.92 Å². The number of hydrogen-bond acceptors (Lipinski definition) is 5. The van der Waals surface area contributed by atoms with Crippen LogP contribution in [0.15, 0.2) is 5.38 Å². The Morgan fingerprint density at radius 1 is 1.33 bits per heavy atom. The van der Waals surface area contributed by atoms with Gasteiger partial charge in [-0.05, 0) is 17.9 Å². The largest absolute Gasteiger partial charge is 0.383 e. The van der Waals surface area contributed by atoms with Gasteiger partial charge < -0.3 is 11.5 Å². The van der Waals surface area contributed by atoms with E-state index in [1.165, 1.54) is 11.3 Å². The summed E-state index contributed by atoms with van der Waals surface area (Å²) in [5, 5.41) is 2.92. The van der Waals surface area contributed by atoms with Crippen molar-refractivity contribution in [2.24, 2.45) is 0 Å². The highest BCUT2D eigenvalue weighted by Crippen LogP contribution is 2.27. The van der Waals surface area contributed by atoms with Crippen molar-refractivity contribution >= 4 is 33.3 Å². The summed E-state index contributed by atoms with van der Waals surface area (Å²) in [6.07, 6.45) is 0. The molecule has 0 fully saturated rings. The third-order valence-corrected chi connectivity index (χ3v) is 2.65. The van der Waals surface area contributed by atoms with E-state index in [1.54, 1.807) is 0 Å². The lowest BCUT2D eigenvalue weighted by Crippen LogP contribution is -1.99. The number of aryl methyl sites for hydroxylation is 1. The Bertz CT molecular complexity index is 434. The lowest BCUT2D eigenvalue weighted by atomic mass is 10.2. The van der Waals surface area contributed by atoms with E-state index in [9.17, 15) is 0 Å². The summed E-state index contributed by atoms with van der Waals surface area (Å²) in [5.74, 6) is 0.707. The molecule has 4 nitrogen and oxygen atoms in total. The van der Waals surface area contributed by atoms with Crippen LogP contribution in [-0.4, -0.2) is 9.97 Å². The van der Waals surface area contributed by atoms with Crippen LogP contribution >= 0.6 is 11.3 Å². The van der Waals surface area contributed by atoms with Gasteiger partial charge in [0.25, 0.3) is 0 Å². The van der Waals surface area contributed by atoms with Crippen molar-refractivity contribution in [3.63, 3.8) is 0 Å². The minimum absolute atomic E-state index is 0.238. The molecule has 0 aliphatic heterocycles. The fourth-order valence-electron chi connectivity index (χ4n) is 1.13. The molecule has 0 aliphatic carbocycles. The van der Waals surface area contributed by atoms with Crippen LogP contribution < -0.4 is 11.5 Å². The molecule has 12 heavy (non-hydrogen) atoms. The number of nitrogen functional groups attached to an aromatic ring is 2. The molecule has 0 saturated heterocycles. The molecule has 2 heterocycles. The van der Waals surface area contributed by atoms with Crippen LogP contribution in [0.2, 0.25) is 0 Å². The summed E-state index contributed by atoms with van der Waals surface area (Å²) < 4.78 is 0. The van der Waals surface area contributed by atoms with Crippen molar-refractivity contribution in [1.29, 1.82) is 0 Å². The Kier molecular flexibility index (Phi) is 1.41. The first-order chi connectivity index (χ1) is 5.68. The smallest absolute Gasteiger partial charge is 0.223 e. The number of aromatic nitrogens is 2. The fraction of sp³-hybridized carbons (Fsp3) is 0.143. The molecule has 0 amide bonds. The summed E-state index contributed by atoms with van der Waals surface area (Å²) in [6, 6.07) is 0. The van der Waals surface area contributed by atoms with Gasteiger partial charge >= 0.3 is 0 Å². The second-order valence-corrected chi connectivity index (χ2v) is 3.42. The summed E-state index contributed by atoms with van der Waals surface area (Å²) in [6.45, 7) is 1.98. The molecule has 0 aromatic carbocycles. The zero-order valence-corrected chi connectivity index (χ0v) is 7.35. The van der Waals surface area contributed by atoms with Crippen LogP contribution in [0.1, 0.15) is 5.56 Å². The first-order valence-electron chi connectivity index (χ1n) is 3.45. The van der Waals surface area contributed by atoms with Crippen LogP contribution in [0.3, 0.4) is 0 Å². The van der Waals surface area contributed by atoms with Gasteiger partial charge in [0.05, 0.1) is 5.39 Å². The van der Waals surface area contributed by atoms with Crippen LogP contribution in [0.5, 0.6) is 0 Å². The molecule has 2 aromatic rings. The standard InChI is InChI=1S/C7H8N4S/c1-3-2-12-6-4(3)5(8)10-7(9)11-6/h2H,1H3,(H4,8,9,10,11). The highest BCUT2D eigenvalue weighted by molar-refractivity contribution is 7.17. The van der Waals surface area contributed by atoms with E-state index < -0.39 is 0 Å². The van der Waals surface area contributed by atoms with E-state index in [0.717, 1.165) is 15.8 Å². The van der Waals surface area contributed by atoms with Crippen molar-refractivity contribution in [2.45, 2.75) is 6.92 Å². The monoisotopic (exact) mass is 180 g/mol. The Balaban J connectivity index is 2.93. The molecule has 2 rings (SSSR count). The van der Waals surface area contributed by atoms with E-state index in [0.29, 0.717) is 5.82 Å². The Labute approximate surface area is 73.2 Å². The van der Waals surface area contributed by atoms with Crippen LogP contribution in [-0.2, 0) is 0 Å². The minimum atomic E-state index is 0.238. The van der Waals surface area contributed by atoms with Crippen molar-refractivity contribution < 1.29 is 0 Å². The first kappa shape index (κ1) is 7.30. The highest BCUT2D eigenvalue weighted by Gasteiger charge is 2.06. The molecule has 0 atom stereocenters. The fourth-order valence-corrected chi connectivity index (χ4v) is 2.07. The predicted molar refractivity (Wildman–Crippen MR) is 51.0 cm³/mol. The van der Waals surface area contributed by atoms with Gasteiger partial charge in [-0.1, -0.05) is 0 Å². The predicted octanol–water partition coefficient (Wildman–Crippen LogP) is 1.16. The maximum Gasteiger partial charge on any atom is 0.223 e. The molecule has 4 N–H and O–H groups in total. The molecule has 0 saturated carbocycles. The third-order valence-electron chi connectivity index (χ3n) is 1.66. The molecular weight excluding hydrogens is 172 g/mol. The first-order valence-corrected chi connectivity index (χ1v) is 4.33. The topological polar surface area (TPSA) is 77.8 Å². The SMILES string of the molecule is Cc1csc2nc(N)nc(N)c12. The van der Waals surface area contributed by atoms with Gasteiger partial charge in [0.2, 0.25) is 5.95 Å². The van der Waals surface area contributed by atoms with Gasteiger partial charge in [0.1, 0.15) is 10.6 Å². The summed E-state index contributed by atoms with van der Waals surface area (Å²) >= 11 is 1.53. The maximum atomic E-state index is 5.68. The van der Waals surface area contributed by atoms with Crippen LogP contribution in [0.4, 0.5) is 11.8 Å². The molecule has 62 valence electrons. The molecule has 0 bridgehead atoms. The number of anilines is 2. The number of nitrogens with zero attached hydrogens (tertiary/aromatic N) is 2.